The standard InChI is InChI=1S/C13H26N2O3S/c16-11-13-7-3-2-6-12(13)10-14-19(17,18)15-8-4-1-5-9-15/h12-14,16H,1-11H2. The van der Waals surface area contributed by atoms with E-state index in [1.165, 1.54) is 0 Å². The maximum atomic E-state index is 12.2. The molecule has 6 heteroatoms. The van der Waals surface area contributed by atoms with E-state index in [9.17, 15) is 13.5 Å². The Morgan fingerprint density at radius 3 is 2.26 bits per heavy atom. The third kappa shape index (κ3) is 4.15. The minimum Gasteiger partial charge on any atom is -0.396 e. The number of aliphatic hydroxyl groups excluding tert-OH is 1. The molecule has 2 aliphatic rings. The van der Waals surface area contributed by atoms with Gasteiger partial charge < -0.3 is 5.11 Å². The summed E-state index contributed by atoms with van der Waals surface area (Å²) in [7, 11) is -3.31. The highest BCUT2D eigenvalue weighted by atomic mass is 32.2. The molecular weight excluding hydrogens is 264 g/mol. The molecule has 2 atom stereocenters. The van der Waals surface area contributed by atoms with Gasteiger partial charge in [0.2, 0.25) is 0 Å². The van der Waals surface area contributed by atoms with Crippen molar-refractivity contribution in [3.05, 3.63) is 0 Å². The quantitative estimate of drug-likeness (QED) is 0.797. The van der Waals surface area contributed by atoms with Crippen LogP contribution in [0.2, 0.25) is 0 Å². The van der Waals surface area contributed by atoms with Crippen LogP contribution in [0.5, 0.6) is 0 Å². The van der Waals surface area contributed by atoms with Crippen LogP contribution in [0, 0.1) is 11.8 Å². The summed E-state index contributed by atoms with van der Waals surface area (Å²) in [5, 5.41) is 9.35. The van der Waals surface area contributed by atoms with Crippen molar-refractivity contribution < 1.29 is 13.5 Å². The van der Waals surface area contributed by atoms with Gasteiger partial charge in [-0.2, -0.15) is 12.7 Å². The summed E-state index contributed by atoms with van der Waals surface area (Å²) in [6, 6.07) is 0. The van der Waals surface area contributed by atoms with E-state index in [-0.39, 0.29) is 12.5 Å². The maximum absolute atomic E-state index is 12.2. The molecule has 0 aromatic heterocycles. The second-order valence-electron chi connectivity index (χ2n) is 5.80. The average Bonchev–Trinajstić information content (AvgIpc) is 2.46. The largest absolute Gasteiger partial charge is 0.396 e. The van der Waals surface area contributed by atoms with Gasteiger partial charge in [0.1, 0.15) is 0 Å². The number of rotatable bonds is 5. The molecule has 0 radical (unpaired) electrons. The van der Waals surface area contributed by atoms with Crippen molar-refractivity contribution in [1.29, 1.82) is 0 Å². The number of piperidine rings is 1. The first kappa shape index (κ1) is 15.2. The summed E-state index contributed by atoms with van der Waals surface area (Å²) in [5.74, 6) is 0.552. The van der Waals surface area contributed by atoms with Gasteiger partial charge in [-0.1, -0.05) is 19.3 Å². The van der Waals surface area contributed by atoms with Gasteiger partial charge in [-0.25, -0.2) is 4.72 Å². The van der Waals surface area contributed by atoms with Crippen LogP contribution >= 0.6 is 0 Å². The summed E-state index contributed by atoms with van der Waals surface area (Å²) in [4.78, 5) is 0. The highest BCUT2D eigenvalue weighted by Crippen LogP contribution is 2.29. The zero-order valence-corrected chi connectivity index (χ0v) is 12.4. The number of hydrogen-bond acceptors (Lipinski definition) is 3. The molecule has 0 amide bonds. The van der Waals surface area contributed by atoms with E-state index in [0.29, 0.717) is 25.6 Å². The average molecular weight is 290 g/mol. The van der Waals surface area contributed by atoms with Crippen LogP contribution in [0.25, 0.3) is 0 Å². The Balaban J connectivity index is 1.85. The Morgan fingerprint density at radius 2 is 1.63 bits per heavy atom. The molecule has 2 unspecified atom stereocenters. The topological polar surface area (TPSA) is 69.6 Å². The van der Waals surface area contributed by atoms with E-state index >= 15 is 0 Å². The molecule has 0 bridgehead atoms. The van der Waals surface area contributed by atoms with Crippen LogP contribution < -0.4 is 4.72 Å². The van der Waals surface area contributed by atoms with E-state index in [0.717, 1.165) is 44.9 Å². The summed E-state index contributed by atoms with van der Waals surface area (Å²) in [6.45, 7) is 1.94. The fourth-order valence-electron chi connectivity index (χ4n) is 3.20. The van der Waals surface area contributed by atoms with E-state index in [1.807, 2.05) is 0 Å². The highest BCUT2D eigenvalue weighted by molar-refractivity contribution is 7.87. The molecule has 0 aromatic carbocycles. The zero-order valence-electron chi connectivity index (χ0n) is 11.6. The first-order chi connectivity index (χ1) is 9.13. The zero-order chi connectivity index (χ0) is 13.7. The number of nitrogens with zero attached hydrogens (tertiary/aromatic N) is 1. The van der Waals surface area contributed by atoms with Crippen molar-refractivity contribution in [2.75, 3.05) is 26.2 Å². The molecule has 2 N–H and O–H groups in total. The normalized spacial score (nSPS) is 30.4. The summed E-state index contributed by atoms with van der Waals surface area (Å²) in [5.41, 5.74) is 0. The lowest BCUT2D eigenvalue weighted by molar-refractivity contribution is 0.136. The minimum atomic E-state index is -3.31. The Morgan fingerprint density at radius 1 is 1.00 bits per heavy atom. The van der Waals surface area contributed by atoms with Gasteiger partial charge in [-0.15, -0.1) is 0 Å². The van der Waals surface area contributed by atoms with Gasteiger partial charge in [-0.05, 0) is 37.5 Å². The van der Waals surface area contributed by atoms with Gasteiger partial charge in [0, 0.05) is 26.2 Å². The molecule has 2 fully saturated rings. The fourth-order valence-corrected chi connectivity index (χ4v) is 4.55. The number of nitrogens with one attached hydrogen (secondary N) is 1. The lowest BCUT2D eigenvalue weighted by Gasteiger charge is -2.32. The van der Waals surface area contributed by atoms with Crippen LogP contribution in [-0.4, -0.2) is 44.1 Å². The molecule has 0 spiro atoms. The monoisotopic (exact) mass is 290 g/mol. The van der Waals surface area contributed by atoms with Crippen molar-refractivity contribution in [3.8, 4) is 0 Å². The first-order valence-corrected chi connectivity index (χ1v) is 8.93. The second-order valence-corrected chi connectivity index (χ2v) is 7.56. The Kier molecular flexibility index (Phi) is 5.62. The summed E-state index contributed by atoms with van der Waals surface area (Å²) in [6.07, 6.45) is 7.39. The molecule has 1 aliphatic heterocycles. The third-order valence-electron chi connectivity index (χ3n) is 4.48. The van der Waals surface area contributed by atoms with E-state index < -0.39 is 10.2 Å². The third-order valence-corrected chi connectivity index (χ3v) is 6.06. The van der Waals surface area contributed by atoms with Crippen LogP contribution in [0.4, 0.5) is 0 Å². The van der Waals surface area contributed by atoms with Gasteiger partial charge in [-0.3, -0.25) is 0 Å². The lowest BCUT2D eigenvalue weighted by Crippen LogP contribution is -2.46. The van der Waals surface area contributed by atoms with Gasteiger partial charge in [0.05, 0.1) is 0 Å². The van der Waals surface area contributed by atoms with Crippen molar-refractivity contribution >= 4 is 10.2 Å². The first-order valence-electron chi connectivity index (χ1n) is 7.49. The van der Waals surface area contributed by atoms with Crippen LogP contribution in [0.15, 0.2) is 0 Å². The Labute approximate surface area is 116 Å². The van der Waals surface area contributed by atoms with Gasteiger partial charge in [0.15, 0.2) is 0 Å². The molecule has 112 valence electrons. The molecule has 19 heavy (non-hydrogen) atoms. The molecule has 1 aliphatic carbocycles. The molecule has 1 saturated heterocycles. The lowest BCUT2D eigenvalue weighted by atomic mass is 9.80. The molecule has 2 rings (SSSR count). The molecule has 1 saturated carbocycles. The fraction of sp³-hybridized carbons (Fsp3) is 1.00. The highest BCUT2D eigenvalue weighted by Gasteiger charge is 2.28. The molecule has 1 heterocycles. The van der Waals surface area contributed by atoms with Crippen molar-refractivity contribution in [2.24, 2.45) is 11.8 Å². The Hall–Kier alpha value is -0.170. The number of hydrogen-bond donors (Lipinski definition) is 2. The predicted molar refractivity (Wildman–Crippen MR) is 74.9 cm³/mol. The molecular formula is C13H26N2O3S. The molecule has 5 nitrogen and oxygen atoms in total. The van der Waals surface area contributed by atoms with E-state index in [4.69, 9.17) is 0 Å². The van der Waals surface area contributed by atoms with E-state index in [2.05, 4.69) is 4.72 Å². The van der Waals surface area contributed by atoms with Gasteiger partial charge >= 0.3 is 0 Å². The predicted octanol–water partition coefficient (Wildman–Crippen LogP) is 1.11. The van der Waals surface area contributed by atoms with Crippen molar-refractivity contribution in [2.45, 2.75) is 44.9 Å². The van der Waals surface area contributed by atoms with Crippen molar-refractivity contribution in [1.82, 2.24) is 9.03 Å². The van der Waals surface area contributed by atoms with Crippen LogP contribution in [-0.2, 0) is 10.2 Å². The van der Waals surface area contributed by atoms with Gasteiger partial charge in [0.25, 0.3) is 10.2 Å². The second kappa shape index (κ2) is 7.02. The van der Waals surface area contributed by atoms with E-state index in [1.54, 1.807) is 4.31 Å². The van der Waals surface area contributed by atoms with Crippen molar-refractivity contribution in [3.63, 3.8) is 0 Å². The summed E-state index contributed by atoms with van der Waals surface area (Å²) < 4.78 is 28.7. The number of aliphatic hydroxyl groups is 1. The smallest absolute Gasteiger partial charge is 0.279 e. The van der Waals surface area contributed by atoms with Crippen LogP contribution in [0.1, 0.15) is 44.9 Å². The summed E-state index contributed by atoms with van der Waals surface area (Å²) >= 11 is 0. The minimum absolute atomic E-state index is 0.177. The SMILES string of the molecule is O=S(=O)(NCC1CCCCC1CO)N1CCCCC1. The maximum Gasteiger partial charge on any atom is 0.279 e. The molecule has 0 aromatic rings. The Bertz CT molecular complexity index is 366. The van der Waals surface area contributed by atoms with Crippen LogP contribution in [0.3, 0.4) is 0 Å².